The van der Waals surface area contributed by atoms with Crippen LogP contribution < -0.4 is 15.4 Å². The number of halogens is 1. The molecule has 110 valence electrons. The Kier molecular flexibility index (Phi) is 4.42. The van der Waals surface area contributed by atoms with Gasteiger partial charge in [0.05, 0.1) is 7.11 Å². The van der Waals surface area contributed by atoms with Crippen molar-refractivity contribution in [2.75, 3.05) is 24.3 Å². The van der Waals surface area contributed by atoms with Crippen LogP contribution in [0.15, 0.2) is 42.5 Å². The number of nitrogen functional groups attached to an aromatic ring is 1. The maximum atomic E-state index is 13.7. The fraction of sp³-hybridized carbons (Fsp3) is 0.188. The molecule has 0 aromatic heterocycles. The van der Waals surface area contributed by atoms with Gasteiger partial charge in [0.25, 0.3) is 5.91 Å². The summed E-state index contributed by atoms with van der Waals surface area (Å²) in [5.41, 5.74) is 7.25. The van der Waals surface area contributed by atoms with Crippen molar-refractivity contribution in [3.8, 4) is 5.75 Å². The average molecular weight is 288 g/mol. The van der Waals surface area contributed by atoms with Crippen molar-refractivity contribution in [3.63, 3.8) is 0 Å². The fourth-order valence-electron chi connectivity index (χ4n) is 2.05. The molecule has 2 aromatic carbocycles. The molecule has 1 amide bonds. The first-order chi connectivity index (χ1) is 10.1. The second-order valence-electron chi connectivity index (χ2n) is 4.49. The molecule has 0 radical (unpaired) electrons. The van der Waals surface area contributed by atoms with Gasteiger partial charge in [0.15, 0.2) is 11.6 Å². The van der Waals surface area contributed by atoms with E-state index in [1.165, 1.54) is 19.2 Å². The molecule has 2 N–H and O–H groups in total. The smallest absolute Gasteiger partial charge is 0.258 e. The minimum Gasteiger partial charge on any atom is -0.494 e. The number of ether oxygens (including phenoxy) is 1. The van der Waals surface area contributed by atoms with Crippen molar-refractivity contribution in [2.45, 2.75) is 6.92 Å². The summed E-state index contributed by atoms with van der Waals surface area (Å²) in [5.74, 6) is -0.720. The van der Waals surface area contributed by atoms with Crippen LogP contribution in [0.4, 0.5) is 15.8 Å². The number of benzene rings is 2. The summed E-state index contributed by atoms with van der Waals surface area (Å²) in [6, 6.07) is 11.1. The van der Waals surface area contributed by atoms with Gasteiger partial charge in [-0.05, 0) is 49.4 Å². The summed E-state index contributed by atoms with van der Waals surface area (Å²) in [5, 5.41) is 0. The van der Waals surface area contributed by atoms with Gasteiger partial charge >= 0.3 is 0 Å². The van der Waals surface area contributed by atoms with Crippen LogP contribution in [-0.4, -0.2) is 19.6 Å². The molecule has 2 aromatic rings. The molecule has 0 aliphatic carbocycles. The van der Waals surface area contributed by atoms with Crippen molar-refractivity contribution in [1.29, 1.82) is 0 Å². The third kappa shape index (κ3) is 3.13. The van der Waals surface area contributed by atoms with Gasteiger partial charge in [-0.3, -0.25) is 4.79 Å². The lowest BCUT2D eigenvalue weighted by Gasteiger charge is -2.21. The molecule has 0 saturated heterocycles. The van der Waals surface area contributed by atoms with Crippen LogP contribution in [0.1, 0.15) is 17.3 Å². The van der Waals surface area contributed by atoms with Crippen LogP contribution in [0, 0.1) is 5.82 Å². The minimum atomic E-state index is -0.559. The van der Waals surface area contributed by atoms with E-state index in [9.17, 15) is 9.18 Å². The SMILES string of the molecule is CCN(C(=O)c1ccc(OC)c(F)c1)c1ccc(N)cc1. The summed E-state index contributed by atoms with van der Waals surface area (Å²) in [4.78, 5) is 14.1. The highest BCUT2D eigenvalue weighted by Gasteiger charge is 2.17. The van der Waals surface area contributed by atoms with Gasteiger partial charge in [-0.15, -0.1) is 0 Å². The molecule has 0 saturated carbocycles. The summed E-state index contributed by atoms with van der Waals surface area (Å²) >= 11 is 0. The second-order valence-corrected chi connectivity index (χ2v) is 4.49. The Morgan fingerprint density at radius 2 is 1.90 bits per heavy atom. The third-order valence-electron chi connectivity index (χ3n) is 3.16. The van der Waals surface area contributed by atoms with E-state index in [1.54, 1.807) is 35.2 Å². The molecule has 0 fully saturated rings. The number of nitrogens with two attached hydrogens (primary N) is 1. The molecule has 4 nitrogen and oxygen atoms in total. The van der Waals surface area contributed by atoms with Crippen LogP contribution in [0.2, 0.25) is 0 Å². The number of rotatable bonds is 4. The molecule has 0 spiro atoms. The number of carbonyl (C=O) groups is 1. The highest BCUT2D eigenvalue weighted by molar-refractivity contribution is 6.06. The van der Waals surface area contributed by atoms with Gasteiger partial charge in [-0.25, -0.2) is 4.39 Å². The summed E-state index contributed by atoms with van der Waals surface area (Å²) in [6.45, 7) is 2.32. The van der Waals surface area contributed by atoms with E-state index in [4.69, 9.17) is 10.5 Å². The summed E-state index contributed by atoms with van der Waals surface area (Å²) in [6.07, 6.45) is 0. The molecule has 0 unspecified atom stereocenters. The molecule has 5 heteroatoms. The van der Waals surface area contributed by atoms with Gasteiger partial charge in [0.1, 0.15) is 0 Å². The van der Waals surface area contributed by atoms with E-state index in [1.807, 2.05) is 6.92 Å². The first-order valence-corrected chi connectivity index (χ1v) is 6.57. The highest BCUT2D eigenvalue weighted by atomic mass is 19.1. The van der Waals surface area contributed by atoms with Crippen LogP contribution in [0.3, 0.4) is 0 Å². The first-order valence-electron chi connectivity index (χ1n) is 6.57. The van der Waals surface area contributed by atoms with Crippen LogP contribution in [-0.2, 0) is 0 Å². The quantitative estimate of drug-likeness (QED) is 0.880. The van der Waals surface area contributed by atoms with E-state index < -0.39 is 5.82 Å². The van der Waals surface area contributed by atoms with Gasteiger partial charge in [-0.1, -0.05) is 0 Å². The number of hydrogen-bond acceptors (Lipinski definition) is 3. The Morgan fingerprint density at radius 3 is 2.43 bits per heavy atom. The lowest BCUT2D eigenvalue weighted by molar-refractivity contribution is 0.0988. The molecule has 2 rings (SSSR count). The minimum absolute atomic E-state index is 0.113. The predicted molar refractivity (Wildman–Crippen MR) is 81.2 cm³/mol. The summed E-state index contributed by atoms with van der Waals surface area (Å²) in [7, 11) is 1.38. The Bertz CT molecular complexity index is 641. The normalized spacial score (nSPS) is 10.2. The topological polar surface area (TPSA) is 55.6 Å². The van der Waals surface area contributed by atoms with E-state index in [0.29, 0.717) is 17.9 Å². The predicted octanol–water partition coefficient (Wildman–Crippen LogP) is 3.08. The number of anilines is 2. The van der Waals surface area contributed by atoms with E-state index in [0.717, 1.165) is 0 Å². The van der Waals surface area contributed by atoms with Gasteiger partial charge < -0.3 is 15.4 Å². The largest absolute Gasteiger partial charge is 0.494 e. The van der Waals surface area contributed by atoms with Crippen molar-refractivity contribution in [3.05, 3.63) is 53.8 Å². The Morgan fingerprint density at radius 1 is 1.24 bits per heavy atom. The highest BCUT2D eigenvalue weighted by Crippen LogP contribution is 2.22. The molecule has 0 aliphatic heterocycles. The van der Waals surface area contributed by atoms with E-state index in [-0.39, 0.29) is 17.2 Å². The van der Waals surface area contributed by atoms with Gasteiger partial charge in [0.2, 0.25) is 0 Å². The number of amides is 1. The zero-order chi connectivity index (χ0) is 15.4. The maximum Gasteiger partial charge on any atom is 0.258 e. The number of carbonyl (C=O) groups excluding carboxylic acids is 1. The van der Waals surface area contributed by atoms with E-state index in [2.05, 4.69) is 0 Å². The molecular weight excluding hydrogens is 271 g/mol. The second kappa shape index (κ2) is 6.26. The Balaban J connectivity index is 2.32. The zero-order valence-electron chi connectivity index (χ0n) is 12.0. The molecule has 0 heterocycles. The lowest BCUT2D eigenvalue weighted by Crippen LogP contribution is -2.30. The van der Waals surface area contributed by atoms with Gasteiger partial charge in [-0.2, -0.15) is 0 Å². The van der Waals surface area contributed by atoms with Crippen LogP contribution in [0.25, 0.3) is 0 Å². The fourth-order valence-corrected chi connectivity index (χ4v) is 2.05. The number of nitrogens with zero attached hydrogens (tertiary/aromatic N) is 1. The van der Waals surface area contributed by atoms with Crippen molar-refractivity contribution in [1.82, 2.24) is 0 Å². The molecule has 0 aliphatic rings. The maximum absolute atomic E-state index is 13.7. The molecule has 0 atom stereocenters. The molecular formula is C16H17FN2O2. The number of hydrogen-bond donors (Lipinski definition) is 1. The average Bonchev–Trinajstić information content (AvgIpc) is 2.49. The van der Waals surface area contributed by atoms with Crippen LogP contribution in [0.5, 0.6) is 5.75 Å². The lowest BCUT2D eigenvalue weighted by atomic mass is 10.1. The van der Waals surface area contributed by atoms with Crippen molar-refractivity contribution >= 4 is 17.3 Å². The van der Waals surface area contributed by atoms with E-state index >= 15 is 0 Å². The monoisotopic (exact) mass is 288 g/mol. The molecule has 21 heavy (non-hydrogen) atoms. The first kappa shape index (κ1) is 14.8. The molecule has 0 bridgehead atoms. The van der Waals surface area contributed by atoms with Gasteiger partial charge in [0, 0.05) is 23.5 Å². The van der Waals surface area contributed by atoms with Crippen molar-refractivity contribution in [2.24, 2.45) is 0 Å². The third-order valence-corrected chi connectivity index (χ3v) is 3.16. The zero-order valence-corrected chi connectivity index (χ0v) is 12.0. The number of methoxy groups -OCH3 is 1. The standard InChI is InChI=1S/C16H17FN2O2/c1-3-19(13-7-5-12(18)6-8-13)16(20)11-4-9-15(21-2)14(17)10-11/h4-10H,3,18H2,1-2H3. The van der Waals surface area contributed by atoms with Crippen LogP contribution >= 0.6 is 0 Å². The Labute approximate surface area is 122 Å². The van der Waals surface area contributed by atoms with Crippen molar-refractivity contribution < 1.29 is 13.9 Å². The summed E-state index contributed by atoms with van der Waals surface area (Å²) < 4.78 is 18.6. The Hall–Kier alpha value is -2.56.